The Morgan fingerprint density at radius 3 is 2.31 bits per heavy atom. The van der Waals surface area contributed by atoms with Crippen LogP contribution < -0.4 is 0 Å². The molecule has 2 heteroatoms. The SMILES string of the molecule is CCCCCCCCC[C@H]1CC[C@H](C2CC=C(CCc3ccc(C#N)c(F)c3)CC2)CC1. The lowest BCUT2D eigenvalue weighted by Gasteiger charge is -2.35. The zero-order valence-corrected chi connectivity index (χ0v) is 20.4. The summed E-state index contributed by atoms with van der Waals surface area (Å²) in [7, 11) is 0. The van der Waals surface area contributed by atoms with Crippen molar-refractivity contribution >= 4 is 0 Å². The maximum atomic E-state index is 13.8. The minimum Gasteiger partial charge on any atom is -0.206 e. The first-order chi connectivity index (χ1) is 15.7. The van der Waals surface area contributed by atoms with Gasteiger partial charge in [-0.15, -0.1) is 0 Å². The summed E-state index contributed by atoms with van der Waals surface area (Å²) in [4.78, 5) is 0. The summed E-state index contributed by atoms with van der Waals surface area (Å²) < 4.78 is 13.8. The van der Waals surface area contributed by atoms with Crippen LogP contribution in [0.25, 0.3) is 0 Å². The van der Waals surface area contributed by atoms with Crippen LogP contribution in [0.1, 0.15) is 121 Å². The van der Waals surface area contributed by atoms with Gasteiger partial charge in [-0.2, -0.15) is 5.26 Å². The van der Waals surface area contributed by atoms with Crippen LogP contribution >= 0.6 is 0 Å². The monoisotopic (exact) mass is 437 g/mol. The predicted molar refractivity (Wildman–Crippen MR) is 133 cm³/mol. The van der Waals surface area contributed by atoms with Crippen molar-refractivity contribution in [1.82, 2.24) is 0 Å². The van der Waals surface area contributed by atoms with Crippen LogP contribution in [0.3, 0.4) is 0 Å². The van der Waals surface area contributed by atoms with Crippen molar-refractivity contribution in [2.75, 3.05) is 0 Å². The van der Waals surface area contributed by atoms with E-state index in [2.05, 4.69) is 13.0 Å². The van der Waals surface area contributed by atoms with Gasteiger partial charge in [0.15, 0.2) is 0 Å². The molecule has 1 unspecified atom stereocenters. The molecule has 2 aliphatic rings. The van der Waals surface area contributed by atoms with Gasteiger partial charge >= 0.3 is 0 Å². The van der Waals surface area contributed by atoms with Crippen molar-refractivity contribution in [2.45, 2.75) is 116 Å². The summed E-state index contributed by atoms with van der Waals surface area (Å²) in [5.41, 5.74) is 2.70. The second-order valence-corrected chi connectivity index (χ2v) is 10.5. The lowest BCUT2D eigenvalue weighted by atomic mass is 9.70. The highest BCUT2D eigenvalue weighted by Crippen LogP contribution is 2.41. The highest BCUT2D eigenvalue weighted by atomic mass is 19.1. The number of hydrogen-bond donors (Lipinski definition) is 0. The molecule has 1 fully saturated rings. The van der Waals surface area contributed by atoms with Gasteiger partial charge in [0, 0.05) is 0 Å². The van der Waals surface area contributed by atoms with E-state index in [9.17, 15) is 4.39 Å². The lowest BCUT2D eigenvalue weighted by Crippen LogP contribution is -2.23. The average molecular weight is 438 g/mol. The highest BCUT2D eigenvalue weighted by molar-refractivity contribution is 5.33. The highest BCUT2D eigenvalue weighted by Gasteiger charge is 2.28. The molecule has 0 spiro atoms. The zero-order chi connectivity index (χ0) is 22.6. The molecule has 3 rings (SSSR count). The molecule has 1 aromatic rings. The van der Waals surface area contributed by atoms with Gasteiger partial charge in [-0.25, -0.2) is 4.39 Å². The number of nitrogens with zero attached hydrogens (tertiary/aromatic N) is 1. The first-order valence-corrected chi connectivity index (χ1v) is 13.6. The van der Waals surface area contributed by atoms with E-state index in [-0.39, 0.29) is 11.4 Å². The Hall–Kier alpha value is -1.62. The molecule has 0 saturated heterocycles. The molecular weight excluding hydrogens is 393 g/mol. The minimum absolute atomic E-state index is 0.144. The van der Waals surface area contributed by atoms with Crippen LogP contribution in [0.5, 0.6) is 0 Å². The molecule has 0 N–H and O–H groups in total. The van der Waals surface area contributed by atoms with E-state index >= 15 is 0 Å². The Kier molecular flexibility index (Phi) is 10.8. The van der Waals surface area contributed by atoms with Crippen LogP contribution in [0.15, 0.2) is 29.8 Å². The van der Waals surface area contributed by atoms with E-state index in [4.69, 9.17) is 5.26 Å². The molecule has 0 heterocycles. The van der Waals surface area contributed by atoms with E-state index in [0.717, 1.165) is 36.2 Å². The lowest BCUT2D eigenvalue weighted by molar-refractivity contribution is 0.185. The molecule has 1 saturated carbocycles. The topological polar surface area (TPSA) is 23.8 Å². The van der Waals surface area contributed by atoms with Crippen LogP contribution in [0.2, 0.25) is 0 Å². The molecule has 0 aromatic heterocycles. The molecule has 2 aliphatic carbocycles. The number of rotatable bonds is 12. The molecule has 1 atom stereocenters. The van der Waals surface area contributed by atoms with Gasteiger partial charge in [0.05, 0.1) is 5.56 Å². The number of unbranched alkanes of at least 4 members (excludes halogenated alkanes) is 6. The Morgan fingerprint density at radius 1 is 0.906 bits per heavy atom. The molecule has 176 valence electrons. The van der Waals surface area contributed by atoms with Gasteiger partial charge in [0.25, 0.3) is 0 Å². The Balaban J connectivity index is 1.30. The quantitative estimate of drug-likeness (QED) is 0.236. The molecule has 1 aromatic carbocycles. The predicted octanol–water partition coefficient (Wildman–Crippen LogP) is 9.30. The number of hydrogen-bond acceptors (Lipinski definition) is 1. The Labute approximate surface area is 196 Å². The van der Waals surface area contributed by atoms with E-state index in [1.165, 1.54) is 102 Å². The summed E-state index contributed by atoms with van der Waals surface area (Å²) in [6, 6.07) is 6.95. The fourth-order valence-electron chi connectivity index (χ4n) is 6.01. The number of allylic oxidation sites excluding steroid dienone is 2. The number of benzene rings is 1. The van der Waals surface area contributed by atoms with Gasteiger partial charge in [-0.1, -0.05) is 88.8 Å². The summed E-state index contributed by atoms with van der Waals surface area (Å²) in [5.74, 6) is 2.46. The zero-order valence-electron chi connectivity index (χ0n) is 20.4. The van der Waals surface area contributed by atoms with Crippen LogP contribution in [-0.4, -0.2) is 0 Å². The van der Waals surface area contributed by atoms with E-state index in [1.807, 2.05) is 12.1 Å². The minimum atomic E-state index is -0.384. The normalized spacial score (nSPS) is 23.5. The first-order valence-electron chi connectivity index (χ1n) is 13.6. The van der Waals surface area contributed by atoms with Crippen LogP contribution in [0, 0.1) is 34.9 Å². The fraction of sp³-hybridized carbons (Fsp3) is 0.700. The molecule has 1 nitrogen and oxygen atoms in total. The number of nitriles is 1. The molecular formula is C30H44FN. The van der Waals surface area contributed by atoms with Crippen molar-refractivity contribution in [3.63, 3.8) is 0 Å². The molecule has 32 heavy (non-hydrogen) atoms. The van der Waals surface area contributed by atoms with Gasteiger partial charge < -0.3 is 0 Å². The molecule has 0 bridgehead atoms. The van der Waals surface area contributed by atoms with Crippen LogP contribution in [-0.2, 0) is 6.42 Å². The summed E-state index contributed by atoms with van der Waals surface area (Å²) in [6.45, 7) is 2.29. The first kappa shape index (κ1) is 25.0. The van der Waals surface area contributed by atoms with Crippen LogP contribution in [0.4, 0.5) is 4.39 Å². The third kappa shape index (κ3) is 8.06. The van der Waals surface area contributed by atoms with Gasteiger partial charge in [0.1, 0.15) is 11.9 Å². The second kappa shape index (κ2) is 13.8. The molecule has 0 amide bonds. The van der Waals surface area contributed by atoms with Gasteiger partial charge in [-0.05, 0) is 80.4 Å². The number of halogens is 1. The molecule has 0 aliphatic heterocycles. The van der Waals surface area contributed by atoms with Gasteiger partial charge in [-0.3, -0.25) is 0 Å². The van der Waals surface area contributed by atoms with Crippen molar-refractivity contribution in [3.05, 3.63) is 46.8 Å². The van der Waals surface area contributed by atoms with Crippen molar-refractivity contribution in [2.24, 2.45) is 17.8 Å². The van der Waals surface area contributed by atoms with Crippen molar-refractivity contribution in [1.29, 1.82) is 5.26 Å². The summed E-state index contributed by atoms with van der Waals surface area (Å²) in [6.07, 6.45) is 25.6. The standard InChI is InChI=1S/C30H44FN/c1-2-3-4-5-6-7-8-9-24-12-17-27(18-13-24)28-19-14-25(15-20-28)10-11-26-16-21-29(23-32)30(31)22-26/h14,16,21-22,24,27-28H,2-13,15,17-20H2,1H3/t24-,27-,28?. The maximum Gasteiger partial charge on any atom is 0.141 e. The third-order valence-corrected chi connectivity index (χ3v) is 8.21. The summed E-state index contributed by atoms with van der Waals surface area (Å²) in [5, 5.41) is 8.87. The van der Waals surface area contributed by atoms with Crippen molar-refractivity contribution < 1.29 is 4.39 Å². The molecule has 0 radical (unpaired) electrons. The fourth-order valence-corrected chi connectivity index (χ4v) is 6.01. The largest absolute Gasteiger partial charge is 0.206 e. The van der Waals surface area contributed by atoms with Crippen molar-refractivity contribution in [3.8, 4) is 6.07 Å². The van der Waals surface area contributed by atoms with Gasteiger partial charge in [0.2, 0.25) is 0 Å². The average Bonchev–Trinajstić information content (AvgIpc) is 2.83. The van der Waals surface area contributed by atoms with E-state index in [0.29, 0.717) is 0 Å². The second-order valence-electron chi connectivity index (χ2n) is 10.5. The Bertz CT molecular complexity index is 751. The maximum absolute atomic E-state index is 13.8. The van der Waals surface area contributed by atoms with E-state index in [1.54, 1.807) is 11.6 Å². The van der Waals surface area contributed by atoms with E-state index < -0.39 is 0 Å². The Morgan fingerprint density at radius 2 is 1.66 bits per heavy atom. The number of aryl methyl sites for hydroxylation is 1. The smallest absolute Gasteiger partial charge is 0.141 e. The third-order valence-electron chi connectivity index (χ3n) is 8.21. The summed E-state index contributed by atoms with van der Waals surface area (Å²) >= 11 is 0.